The van der Waals surface area contributed by atoms with E-state index in [-0.39, 0.29) is 18.3 Å². The van der Waals surface area contributed by atoms with Crippen LogP contribution in [0.25, 0.3) is 33.5 Å². The molecule has 0 bridgehead atoms. The fourth-order valence-corrected chi connectivity index (χ4v) is 3.52. The van der Waals surface area contributed by atoms with Crippen molar-refractivity contribution in [3.63, 3.8) is 0 Å². The number of aromatic nitrogens is 5. The van der Waals surface area contributed by atoms with E-state index in [9.17, 15) is 13.6 Å². The minimum Gasteiger partial charge on any atom is -0.324 e. The number of anilines is 1. The van der Waals surface area contributed by atoms with E-state index in [4.69, 9.17) is 0 Å². The maximum Gasteiger partial charge on any atom is 0.320 e. The standard InChI is InChI=1S/C22H16F2N6O/c23-22(24)30-19-8-4-1-5-16(19)26-21(30)14-9-11-15(12-10-14)25-20(31)13-29-18-7-3-2-6-17(18)27-28-29/h1-12,22H,13H2,(H,25,31). The first-order valence-corrected chi connectivity index (χ1v) is 9.54. The van der Waals surface area contributed by atoms with Crippen LogP contribution >= 0.6 is 0 Å². The van der Waals surface area contributed by atoms with Gasteiger partial charge in [-0.25, -0.2) is 9.67 Å². The zero-order valence-corrected chi connectivity index (χ0v) is 16.1. The summed E-state index contributed by atoms with van der Waals surface area (Å²) in [5.74, 6) is -0.105. The second kappa shape index (κ2) is 7.60. The second-order valence-electron chi connectivity index (χ2n) is 6.93. The van der Waals surface area contributed by atoms with Crippen molar-refractivity contribution < 1.29 is 13.6 Å². The molecule has 0 fully saturated rings. The Hall–Kier alpha value is -4.14. The van der Waals surface area contributed by atoms with Crippen molar-refractivity contribution in [1.82, 2.24) is 24.5 Å². The number of fused-ring (bicyclic) bond motifs is 2. The first-order chi connectivity index (χ1) is 15.1. The zero-order chi connectivity index (χ0) is 21.4. The second-order valence-corrected chi connectivity index (χ2v) is 6.93. The quantitative estimate of drug-likeness (QED) is 0.457. The van der Waals surface area contributed by atoms with Crippen LogP contribution in [0.4, 0.5) is 14.5 Å². The third kappa shape index (κ3) is 3.50. The molecule has 0 unspecified atom stereocenters. The van der Waals surface area contributed by atoms with Crippen molar-refractivity contribution >= 4 is 33.7 Å². The number of benzene rings is 3. The number of amides is 1. The molecule has 5 aromatic rings. The van der Waals surface area contributed by atoms with Gasteiger partial charge in [0, 0.05) is 11.3 Å². The summed E-state index contributed by atoms with van der Waals surface area (Å²) in [4.78, 5) is 16.8. The Kier molecular flexibility index (Phi) is 4.62. The predicted molar refractivity (Wildman–Crippen MR) is 113 cm³/mol. The minimum atomic E-state index is -2.72. The van der Waals surface area contributed by atoms with Gasteiger partial charge in [0.15, 0.2) is 0 Å². The monoisotopic (exact) mass is 418 g/mol. The summed E-state index contributed by atoms with van der Waals surface area (Å²) in [7, 11) is 0. The molecule has 31 heavy (non-hydrogen) atoms. The number of carbonyl (C=O) groups excluding carboxylic acids is 1. The van der Waals surface area contributed by atoms with Crippen LogP contribution in [0.3, 0.4) is 0 Å². The number of imidazole rings is 1. The third-order valence-corrected chi connectivity index (χ3v) is 4.93. The minimum absolute atomic E-state index is 0.00342. The molecule has 0 saturated heterocycles. The van der Waals surface area contributed by atoms with Crippen molar-refractivity contribution in [2.75, 3.05) is 5.32 Å². The van der Waals surface area contributed by atoms with Crippen LogP contribution in [0, 0.1) is 0 Å². The molecule has 0 aliphatic rings. The van der Waals surface area contributed by atoms with Crippen LogP contribution < -0.4 is 5.32 Å². The number of rotatable bonds is 5. The molecular formula is C22H16F2N6O. The highest BCUT2D eigenvalue weighted by Gasteiger charge is 2.18. The molecular weight excluding hydrogens is 402 g/mol. The Morgan fingerprint density at radius 2 is 1.58 bits per heavy atom. The van der Waals surface area contributed by atoms with E-state index < -0.39 is 6.55 Å². The maximum atomic E-state index is 13.7. The van der Waals surface area contributed by atoms with Gasteiger partial charge in [-0.3, -0.25) is 9.36 Å². The zero-order valence-electron chi connectivity index (χ0n) is 16.1. The van der Waals surface area contributed by atoms with Gasteiger partial charge < -0.3 is 5.32 Å². The first kappa shape index (κ1) is 18.9. The number of alkyl halides is 2. The molecule has 0 aliphatic carbocycles. The molecule has 2 aromatic heterocycles. The summed E-state index contributed by atoms with van der Waals surface area (Å²) in [6.45, 7) is -2.72. The van der Waals surface area contributed by atoms with Gasteiger partial charge in [0.2, 0.25) is 5.91 Å². The fraction of sp³-hybridized carbons (Fsp3) is 0.0909. The van der Waals surface area contributed by atoms with E-state index in [2.05, 4.69) is 20.6 Å². The summed E-state index contributed by atoms with van der Waals surface area (Å²) in [6.07, 6.45) is 0. The van der Waals surface area contributed by atoms with E-state index >= 15 is 0 Å². The van der Waals surface area contributed by atoms with E-state index in [0.717, 1.165) is 10.1 Å². The number of para-hydroxylation sites is 3. The van der Waals surface area contributed by atoms with Crippen molar-refractivity contribution in [1.29, 1.82) is 0 Å². The van der Waals surface area contributed by atoms with Crippen LogP contribution in [-0.4, -0.2) is 30.5 Å². The number of nitrogens with one attached hydrogen (secondary N) is 1. The molecule has 1 amide bonds. The Bertz CT molecular complexity index is 1390. The van der Waals surface area contributed by atoms with Crippen molar-refractivity contribution in [3.8, 4) is 11.4 Å². The van der Waals surface area contributed by atoms with Gasteiger partial charge in [-0.1, -0.05) is 29.5 Å². The SMILES string of the molecule is O=C(Cn1nnc2ccccc21)Nc1ccc(-c2nc3ccccc3n2C(F)F)cc1. The van der Waals surface area contributed by atoms with Gasteiger partial charge in [0.25, 0.3) is 0 Å². The number of nitrogens with zero attached hydrogens (tertiary/aromatic N) is 5. The molecule has 0 atom stereocenters. The Labute approximate surface area is 174 Å². The Morgan fingerprint density at radius 1 is 0.903 bits per heavy atom. The van der Waals surface area contributed by atoms with E-state index in [1.165, 1.54) is 4.68 Å². The van der Waals surface area contributed by atoms with Gasteiger partial charge in [-0.2, -0.15) is 8.78 Å². The maximum absolute atomic E-state index is 13.7. The molecule has 154 valence electrons. The molecule has 5 rings (SSSR count). The summed E-state index contributed by atoms with van der Waals surface area (Å²) < 4.78 is 29.8. The normalized spacial score (nSPS) is 11.5. The van der Waals surface area contributed by atoms with Crippen molar-refractivity contribution in [2.45, 2.75) is 13.1 Å². The van der Waals surface area contributed by atoms with E-state index in [1.807, 2.05) is 24.3 Å². The lowest BCUT2D eigenvalue weighted by atomic mass is 10.2. The highest BCUT2D eigenvalue weighted by molar-refractivity contribution is 5.91. The Morgan fingerprint density at radius 3 is 2.32 bits per heavy atom. The molecule has 9 heteroatoms. The smallest absolute Gasteiger partial charge is 0.320 e. The van der Waals surface area contributed by atoms with Gasteiger partial charge in [-0.15, -0.1) is 5.10 Å². The summed E-state index contributed by atoms with van der Waals surface area (Å²) in [5.41, 5.74) is 3.40. The molecule has 7 nitrogen and oxygen atoms in total. The number of hydrogen-bond donors (Lipinski definition) is 1. The van der Waals surface area contributed by atoms with Gasteiger partial charge in [0.1, 0.15) is 17.9 Å². The lowest BCUT2D eigenvalue weighted by Gasteiger charge is -2.09. The van der Waals surface area contributed by atoms with E-state index in [0.29, 0.717) is 27.8 Å². The van der Waals surface area contributed by atoms with Crippen molar-refractivity contribution in [2.24, 2.45) is 0 Å². The average molecular weight is 418 g/mol. The summed E-state index contributed by atoms with van der Waals surface area (Å²) in [6, 6.07) is 20.7. The van der Waals surface area contributed by atoms with Crippen LogP contribution in [0.2, 0.25) is 0 Å². The van der Waals surface area contributed by atoms with Crippen molar-refractivity contribution in [3.05, 3.63) is 72.8 Å². The largest absolute Gasteiger partial charge is 0.324 e. The van der Waals surface area contributed by atoms with Crippen LogP contribution in [0.15, 0.2) is 72.8 Å². The molecule has 0 saturated carbocycles. The molecule has 0 radical (unpaired) electrons. The summed E-state index contributed by atoms with van der Waals surface area (Å²) in [5, 5.41) is 10.8. The number of carbonyl (C=O) groups is 1. The molecule has 0 aliphatic heterocycles. The molecule has 0 spiro atoms. The van der Waals surface area contributed by atoms with Gasteiger partial charge >= 0.3 is 6.55 Å². The summed E-state index contributed by atoms with van der Waals surface area (Å²) >= 11 is 0. The topological polar surface area (TPSA) is 77.6 Å². The van der Waals surface area contributed by atoms with E-state index in [1.54, 1.807) is 48.5 Å². The van der Waals surface area contributed by atoms with Gasteiger partial charge in [0.05, 0.1) is 16.6 Å². The fourth-order valence-electron chi connectivity index (χ4n) is 3.52. The average Bonchev–Trinajstić information content (AvgIpc) is 3.36. The molecule has 3 aromatic carbocycles. The number of hydrogen-bond acceptors (Lipinski definition) is 4. The van der Waals surface area contributed by atoms with Crippen LogP contribution in [0.5, 0.6) is 0 Å². The predicted octanol–water partition coefficient (Wildman–Crippen LogP) is 4.48. The molecule has 2 heterocycles. The molecule has 1 N–H and O–H groups in total. The van der Waals surface area contributed by atoms with Gasteiger partial charge in [-0.05, 0) is 48.5 Å². The number of halogens is 2. The van der Waals surface area contributed by atoms with Crippen LogP contribution in [0.1, 0.15) is 6.55 Å². The highest BCUT2D eigenvalue weighted by atomic mass is 19.3. The highest BCUT2D eigenvalue weighted by Crippen LogP contribution is 2.30. The lowest BCUT2D eigenvalue weighted by molar-refractivity contribution is -0.116. The first-order valence-electron chi connectivity index (χ1n) is 9.54. The third-order valence-electron chi connectivity index (χ3n) is 4.93. The lowest BCUT2D eigenvalue weighted by Crippen LogP contribution is -2.19. The Balaban J connectivity index is 1.36. The van der Waals surface area contributed by atoms with Crippen LogP contribution in [-0.2, 0) is 11.3 Å².